The van der Waals surface area contributed by atoms with Gasteiger partial charge in [0.15, 0.2) is 9.84 Å². The van der Waals surface area contributed by atoms with E-state index in [1.165, 1.54) is 6.07 Å². The average Bonchev–Trinajstić information content (AvgIpc) is 2.57. The average molecular weight is 346 g/mol. The van der Waals surface area contributed by atoms with Gasteiger partial charge < -0.3 is 0 Å². The molecule has 1 heterocycles. The van der Waals surface area contributed by atoms with Crippen LogP contribution in [0, 0.1) is 10.1 Å². The molecule has 6 nitrogen and oxygen atoms in total. The molecule has 1 atom stereocenters. The molecule has 126 valence electrons. The molecule has 2 aromatic rings. The molecule has 0 spiro atoms. The summed E-state index contributed by atoms with van der Waals surface area (Å²) in [5.41, 5.74) is 1.58. The van der Waals surface area contributed by atoms with Crippen molar-refractivity contribution >= 4 is 15.5 Å². The van der Waals surface area contributed by atoms with Crippen LogP contribution < -0.4 is 0 Å². The standard InChI is InChI=1S/C17H18N2O4S/c20-19(21)16-9-5-4-8-15(16)12-18-10-11-24(22,23)13-17(18)14-6-2-1-3-7-14/h1-9,17H,10-13H2/t17-/m1/s1. The maximum atomic E-state index is 12.1. The number of rotatable bonds is 4. The minimum absolute atomic E-state index is 0.0393. The summed E-state index contributed by atoms with van der Waals surface area (Å²) >= 11 is 0. The van der Waals surface area contributed by atoms with E-state index in [0.717, 1.165) is 5.56 Å². The van der Waals surface area contributed by atoms with E-state index in [4.69, 9.17) is 0 Å². The minimum atomic E-state index is -3.11. The first-order valence-electron chi connectivity index (χ1n) is 7.68. The van der Waals surface area contributed by atoms with Crippen LogP contribution in [0.4, 0.5) is 5.69 Å². The molecule has 0 aliphatic carbocycles. The molecule has 1 aliphatic rings. The molecular weight excluding hydrogens is 328 g/mol. The molecule has 0 aromatic heterocycles. The topological polar surface area (TPSA) is 80.5 Å². The van der Waals surface area contributed by atoms with E-state index in [0.29, 0.717) is 18.7 Å². The van der Waals surface area contributed by atoms with E-state index < -0.39 is 14.8 Å². The van der Waals surface area contributed by atoms with Crippen molar-refractivity contribution in [3.8, 4) is 0 Å². The summed E-state index contributed by atoms with van der Waals surface area (Å²) in [5, 5.41) is 11.2. The maximum absolute atomic E-state index is 12.1. The van der Waals surface area contributed by atoms with Gasteiger partial charge in [0.1, 0.15) is 0 Å². The predicted molar refractivity (Wildman–Crippen MR) is 91.3 cm³/mol. The zero-order valence-corrected chi connectivity index (χ0v) is 13.9. The van der Waals surface area contributed by atoms with Gasteiger partial charge in [0.2, 0.25) is 0 Å². The second kappa shape index (κ2) is 6.70. The first kappa shape index (κ1) is 16.6. The van der Waals surface area contributed by atoms with Crippen LogP contribution in [0.5, 0.6) is 0 Å². The summed E-state index contributed by atoms with van der Waals surface area (Å²) in [6, 6.07) is 15.8. The summed E-state index contributed by atoms with van der Waals surface area (Å²) in [4.78, 5) is 12.8. The van der Waals surface area contributed by atoms with Crippen LogP contribution in [0.3, 0.4) is 0 Å². The minimum Gasteiger partial charge on any atom is -0.290 e. The van der Waals surface area contributed by atoms with Crippen molar-refractivity contribution in [1.29, 1.82) is 0 Å². The molecule has 0 bridgehead atoms. The van der Waals surface area contributed by atoms with Crippen LogP contribution in [0.1, 0.15) is 17.2 Å². The number of hydrogen-bond donors (Lipinski definition) is 0. The fourth-order valence-electron chi connectivity index (χ4n) is 3.05. The highest BCUT2D eigenvalue weighted by molar-refractivity contribution is 7.91. The third-order valence-electron chi connectivity index (χ3n) is 4.29. The van der Waals surface area contributed by atoms with E-state index in [9.17, 15) is 18.5 Å². The van der Waals surface area contributed by atoms with Crippen molar-refractivity contribution in [3.63, 3.8) is 0 Å². The number of nitrogens with zero attached hydrogens (tertiary/aromatic N) is 2. The van der Waals surface area contributed by atoms with Crippen LogP contribution in [0.15, 0.2) is 54.6 Å². The van der Waals surface area contributed by atoms with Gasteiger partial charge in [0, 0.05) is 30.8 Å². The lowest BCUT2D eigenvalue weighted by Gasteiger charge is -2.35. The molecule has 0 N–H and O–H groups in total. The van der Waals surface area contributed by atoms with E-state index in [1.807, 2.05) is 35.2 Å². The Bertz CT molecular complexity index is 837. The molecule has 0 saturated carbocycles. The molecule has 1 aliphatic heterocycles. The van der Waals surface area contributed by atoms with Crippen molar-refractivity contribution in [2.45, 2.75) is 12.6 Å². The summed E-state index contributed by atoms with van der Waals surface area (Å²) in [6.07, 6.45) is 0. The number of sulfone groups is 1. The highest BCUT2D eigenvalue weighted by Crippen LogP contribution is 2.30. The highest BCUT2D eigenvalue weighted by atomic mass is 32.2. The van der Waals surface area contributed by atoms with Gasteiger partial charge >= 0.3 is 0 Å². The lowest BCUT2D eigenvalue weighted by molar-refractivity contribution is -0.385. The third kappa shape index (κ3) is 3.63. The molecule has 0 radical (unpaired) electrons. The zero-order valence-electron chi connectivity index (χ0n) is 13.0. The number of nitro groups is 1. The van der Waals surface area contributed by atoms with Crippen molar-refractivity contribution in [2.75, 3.05) is 18.1 Å². The van der Waals surface area contributed by atoms with Crippen molar-refractivity contribution in [1.82, 2.24) is 4.90 Å². The van der Waals surface area contributed by atoms with Crippen LogP contribution in [0.2, 0.25) is 0 Å². The largest absolute Gasteiger partial charge is 0.290 e. The molecule has 1 saturated heterocycles. The Labute approximate surface area is 140 Å². The van der Waals surface area contributed by atoms with Crippen molar-refractivity contribution in [3.05, 3.63) is 75.8 Å². The molecular formula is C17H18N2O4S. The van der Waals surface area contributed by atoms with Gasteiger partial charge in [0.25, 0.3) is 5.69 Å². The van der Waals surface area contributed by atoms with Crippen LogP contribution >= 0.6 is 0 Å². The fraction of sp³-hybridized carbons (Fsp3) is 0.294. The van der Waals surface area contributed by atoms with E-state index in [1.54, 1.807) is 18.2 Å². The van der Waals surface area contributed by atoms with Gasteiger partial charge in [-0.3, -0.25) is 15.0 Å². The molecule has 24 heavy (non-hydrogen) atoms. The Hall–Kier alpha value is -2.25. The molecule has 7 heteroatoms. The number of para-hydroxylation sites is 1. The first-order chi connectivity index (χ1) is 11.5. The summed E-state index contributed by atoms with van der Waals surface area (Å²) in [7, 11) is -3.11. The predicted octanol–water partition coefficient (Wildman–Crippen LogP) is 2.57. The Kier molecular flexibility index (Phi) is 4.64. The van der Waals surface area contributed by atoms with Gasteiger partial charge in [-0.1, -0.05) is 48.5 Å². The maximum Gasteiger partial charge on any atom is 0.273 e. The third-order valence-corrected chi connectivity index (χ3v) is 5.92. The van der Waals surface area contributed by atoms with E-state index >= 15 is 0 Å². The van der Waals surface area contributed by atoms with Gasteiger partial charge in [-0.25, -0.2) is 8.42 Å². The number of hydrogen-bond acceptors (Lipinski definition) is 5. The summed E-state index contributed by atoms with van der Waals surface area (Å²) in [5.74, 6) is 0.120. The van der Waals surface area contributed by atoms with Crippen molar-refractivity contribution < 1.29 is 13.3 Å². The summed E-state index contributed by atoms with van der Waals surface area (Å²) < 4.78 is 24.1. The number of nitro benzene ring substituents is 1. The van der Waals surface area contributed by atoms with Crippen molar-refractivity contribution in [2.24, 2.45) is 0 Å². The molecule has 2 aromatic carbocycles. The Balaban J connectivity index is 1.92. The second-order valence-corrected chi connectivity index (χ2v) is 8.13. The highest BCUT2D eigenvalue weighted by Gasteiger charge is 2.33. The van der Waals surface area contributed by atoms with Crippen LogP contribution in [0.25, 0.3) is 0 Å². The molecule has 1 fully saturated rings. The fourth-order valence-corrected chi connectivity index (χ4v) is 4.62. The Morgan fingerprint density at radius 2 is 1.75 bits per heavy atom. The SMILES string of the molecule is O=[N+]([O-])c1ccccc1CN1CCS(=O)(=O)C[C@@H]1c1ccccc1. The smallest absolute Gasteiger partial charge is 0.273 e. The number of benzene rings is 2. The van der Waals surface area contributed by atoms with E-state index in [2.05, 4.69) is 0 Å². The lowest BCUT2D eigenvalue weighted by Crippen LogP contribution is -2.42. The molecule has 0 unspecified atom stereocenters. The lowest BCUT2D eigenvalue weighted by atomic mass is 10.1. The summed E-state index contributed by atoms with van der Waals surface area (Å²) in [6.45, 7) is 0.722. The van der Waals surface area contributed by atoms with Gasteiger partial charge in [-0.15, -0.1) is 0 Å². The van der Waals surface area contributed by atoms with Gasteiger partial charge in [-0.2, -0.15) is 0 Å². The Morgan fingerprint density at radius 1 is 1.08 bits per heavy atom. The monoisotopic (exact) mass is 346 g/mol. The van der Waals surface area contributed by atoms with Gasteiger partial charge in [-0.05, 0) is 5.56 Å². The van der Waals surface area contributed by atoms with Gasteiger partial charge in [0.05, 0.1) is 16.4 Å². The zero-order chi connectivity index (χ0) is 17.2. The van der Waals surface area contributed by atoms with E-state index in [-0.39, 0.29) is 23.2 Å². The normalized spacial score (nSPS) is 20.6. The van der Waals surface area contributed by atoms with Crippen LogP contribution in [-0.2, 0) is 16.4 Å². The second-order valence-electron chi connectivity index (χ2n) is 5.90. The van der Waals surface area contributed by atoms with Crippen LogP contribution in [-0.4, -0.2) is 36.3 Å². The molecule has 3 rings (SSSR count). The Morgan fingerprint density at radius 3 is 2.46 bits per heavy atom. The molecule has 0 amide bonds. The first-order valence-corrected chi connectivity index (χ1v) is 9.50. The quantitative estimate of drug-likeness (QED) is 0.628.